The van der Waals surface area contributed by atoms with Crippen LogP contribution >= 0.6 is 24.0 Å². The van der Waals surface area contributed by atoms with Crippen molar-refractivity contribution in [2.24, 2.45) is 4.99 Å². The first-order valence-electron chi connectivity index (χ1n) is 8.99. The molecule has 1 aromatic carbocycles. The second kappa shape index (κ2) is 11.1. The highest BCUT2D eigenvalue weighted by molar-refractivity contribution is 14.0. The molecule has 7 nitrogen and oxygen atoms in total. The maximum absolute atomic E-state index is 12.5. The third-order valence-corrected chi connectivity index (χ3v) is 3.94. The Morgan fingerprint density at radius 1 is 1.17 bits per heavy atom. The van der Waals surface area contributed by atoms with Crippen LogP contribution in [-0.2, 0) is 6.18 Å². The van der Waals surface area contributed by atoms with Gasteiger partial charge in [0.25, 0.3) is 0 Å². The molecule has 30 heavy (non-hydrogen) atoms. The maximum Gasteiger partial charge on any atom is 0.417 e. The summed E-state index contributed by atoms with van der Waals surface area (Å²) >= 11 is 0. The molecule has 2 heterocycles. The number of halogens is 4. The van der Waals surface area contributed by atoms with Crippen molar-refractivity contribution in [2.75, 3.05) is 38.7 Å². The summed E-state index contributed by atoms with van der Waals surface area (Å²) in [5, 5.41) is 6.18. The van der Waals surface area contributed by atoms with Gasteiger partial charge in [0.2, 0.25) is 5.88 Å². The van der Waals surface area contributed by atoms with Gasteiger partial charge in [-0.1, -0.05) is 0 Å². The first-order chi connectivity index (χ1) is 14.0. The van der Waals surface area contributed by atoms with Crippen LogP contribution in [0.4, 0.5) is 18.9 Å². The fourth-order valence-corrected chi connectivity index (χ4v) is 2.52. The highest BCUT2D eigenvalue weighted by atomic mass is 127. The van der Waals surface area contributed by atoms with Gasteiger partial charge >= 0.3 is 6.18 Å². The molecule has 2 aromatic rings. The van der Waals surface area contributed by atoms with E-state index in [9.17, 15) is 13.2 Å². The Morgan fingerprint density at radius 3 is 2.60 bits per heavy atom. The summed E-state index contributed by atoms with van der Waals surface area (Å²) in [7, 11) is 1.62. The largest absolute Gasteiger partial charge is 0.490 e. The number of ether oxygens (including phenoxy) is 3. The topological polar surface area (TPSA) is 77.0 Å². The van der Waals surface area contributed by atoms with E-state index in [-0.39, 0.29) is 36.5 Å². The van der Waals surface area contributed by atoms with Gasteiger partial charge in [-0.3, -0.25) is 4.99 Å². The number of rotatable bonds is 5. The molecule has 0 spiro atoms. The van der Waals surface area contributed by atoms with E-state index >= 15 is 0 Å². The predicted molar refractivity (Wildman–Crippen MR) is 117 cm³/mol. The number of fused-ring (bicyclic) bond motifs is 1. The van der Waals surface area contributed by atoms with Crippen molar-refractivity contribution in [2.45, 2.75) is 12.6 Å². The second-order valence-corrected chi connectivity index (χ2v) is 6.07. The lowest BCUT2D eigenvalue weighted by atomic mass is 10.3. The van der Waals surface area contributed by atoms with Crippen molar-refractivity contribution in [3.63, 3.8) is 0 Å². The van der Waals surface area contributed by atoms with Crippen molar-refractivity contribution < 1.29 is 27.4 Å². The van der Waals surface area contributed by atoms with E-state index in [2.05, 4.69) is 20.6 Å². The van der Waals surface area contributed by atoms with Crippen LogP contribution in [0.15, 0.2) is 41.5 Å². The number of nitrogens with one attached hydrogen (secondary N) is 2. The smallest absolute Gasteiger partial charge is 0.417 e. The minimum absolute atomic E-state index is 0. The van der Waals surface area contributed by atoms with Gasteiger partial charge < -0.3 is 24.8 Å². The Balaban J connectivity index is 0.00000320. The molecule has 1 aliphatic rings. The Labute approximate surface area is 189 Å². The van der Waals surface area contributed by atoms with Crippen LogP contribution in [0.3, 0.4) is 0 Å². The summed E-state index contributed by atoms with van der Waals surface area (Å²) < 4.78 is 54.2. The molecule has 2 N–H and O–H groups in total. The van der Waals surface area contributed by atoms with Crippen LogP contribution in [0, 0.1) is 0 Å². The molecule has 0 atom stereocenters. The number of aliphatic imine (C=N–C) groups is 1. The summed E-state index contributed by atoms with van der Waals surface area (Å²) in [5.41, 5.74) is -0.0459. The number of hydrogen-bond donors (Lipinski definition) is 2. The normalized spacial score (nSPS) is 13.7. The van der Waals surface area contributed by atoms with Crippen molar-refractivity contribution in [3.05, 3.63) is 42.1 Å². The fourth-order valence-electron chi connectivity index (χ4n) is 2.52. The zero-order chi connectivity index (χ0) is 20.7. The van der Waals surface area contributed by atoms with Gasteiger partial charge in [-0.15, -0.1) is 24.0 Å². The molecule has 0 saturated heterocycles. The average molecular weight is 538 g/mol. The molecule has 164 valence electrons. The highest BCUT2D eigenvalue weighted by Gasteiger charge is 2.30. The Hall–Kier alpha value is -2.44. The molecular formula is C19H22F3IN4O3. The van der Waals surface area contributed by atoms with Gasteiger partial charge in [-0.25, -0.2) is 4.98 Å². The number of guanidine groups is 1. The lowest BCUT2D eigenvalue weighted by Gasteiger charge is -2.14. The van der Waals surface area contributed by atoms with Crippen molar-refractivity contribution in [1.29, 1.82) is 0 Å². The Morgan fingerprint density at radius 2 is 1.93 bits per heavy atom. The minimum Gasteiger partial charge on any atom is -0.490 e. The summed E-state index contributed by atoms with van der Waals surface area (Å²) in [6.45, 7) is 1.78. The highest BCUT2D eigenvalue weighted by Crippen LogP contribution is 2.32. The molecule has 0 saturated carbocycles. The third kappa shape index (κ3) is 6.82. The van der Waals surface area contributed by atoms with Gasteiger partial charge in [-0.2, -0.15) is 13.2 Å². The molecule has 11 heteroatoms. The summed E-state index contributed by atoms with van der Waals surface area (Å²) in [6, 6.07) is 7.63. The summed E-state index contributed by atoms with van der Waals surface area (Å²) in [4.78, 5) is 7.78. The SMILES string of the molecule is CN=C(NCCOc1ccc(C(F)(F)F)cn1)Nc1ccc2c(c1)OCCCO2.I. The van der Waals surface area contributed by atoms with Crippen LogP contribution in [0.2, 0.25) is 0 Å². The van der Waals surface area contributed by atoms with E-state index < -0.39 is 11.7 Å². The molecule has 0 unspecified atom stereocenters. The Bertz CT molecular complexity index is 848. The molecule has 0 amide bonds. The number of hydrogen-bond acceptors (Lipinski definition) is 5. The van der Waals surface area contributed by atoms with Gasteiger partial charge in [0.15, 0.2) is 17.5 Å². The van der Waals surface area contributed by atoms with Crippen molar-refractivity contribution in [3.8, 4) is 17.4 Å². The summed E-state index contributed by atoms with van der Waals surface area (Å²) in [6.07, 6.45) is -2.85. The van der Waals surface area contributed by atoms with Crippen LogP contribution in [-0.4, -0.2) is 44.4 Å². The van der Waals surface area contributed by atoms with Crippen molar-refractivity contribution in [1.82, 2.24) is 10.3 Å². The van der Waals surface area contributed by atoms with E-state index in [1.807, 2.05) is 18.2 Å². The first-order valence-corrected chi connectivity index (χ1v) is 8.99. The Kier molecular flexibility index (Phi) is 8.81. The van der Waals surface area contributed by atoms with Gasteiger partial charge in [0.1, 0.15) is 6.61 Å². The quantitative estimate of drug-likeness (QED) is 0.260. The zero-order valence-electron chi connectivity index (χ0n) is 16.2. The van der Waals surface area contributed by atoms with E-state index in [0.717, 1.165) is 24.4 Å². The first kappa shape index (κ1) is 23.8. The predicted octanol–water partition coefficient (Wildman–Crippen LogP) is 3.95. The fraction of sp³-hybridized carbons (Fsp3) is 0.368. The van der Waals surface area contributed by atoms with Crippen LogP contribution in [0.5, 0.6) is 17.4 Å². The molecule has 0 aliphatic carbocycles. The zero-order valence-corrected chi connectivity index (χ0v) is 18.5. The van der Waals surface area contributed by atoms with Crippen LogP contribution in [0.25, 0.3) is 0 Å². The number of nitrogens with zero attached hydrogens (tertiary/aromatic N) is 2. The van der Waals surface area contributed by atoms with Crippen LogP contribution in [0.1, 0.15) is 12.0 Å². The molecule has 1 aromatic heterocycles. The van der Waals surface area contributed by atoms with E-state index in [1.54, 1.807) is 7.05 Å². The van der Waals surface area contributed by atoms with Gasteiger partial charge in [0.05, 0.1) is 25.3 Å². The monoisotopic (exact) mass is 538 g/mol. The lowest BCUT2D eigenvalue weighted by molar-refractivity contribution is -0.137. The van der Waals surface area contributed by atoms with Gasteiger partial charge in [0, 0.05) is 37.5 Å². The minimum atomic E-state index is -4.42. The standard InChI is InChI=1S/C19H21F3N4O3.HI/c1-23-18(26-14-4-5-15-16(11-14)28-9-2-8-27-15)24-7-10-29-17-6-3-13(12-25-17)19(20,21)22;/h3-6,11-12H,2,7-10H2,1H3,(H2,23,24,26);1H. The molecule has 1 aliphatic heterocycles. The molecule has 0 fully saturated rings. The average Bonchev–Trinajstić information content (AvgIpc) is 2.95. The number of alkyl halides is 3. The van der Waals surface area contributed by atoms with Crippen LogP contribution < -0.4 is 24.8 Å². The molecular weight excluding hydrogens is 516 g/mol. The maximum atomic E-state index is 12.5. The number of pyridine rings is 1. The van der Waals surface area contributed by atoms with E-state index in [4.69, 9.17) is 14.2 Å². The van der Waals surface area contributed by atoms with E-state index in [0.29, 0.717) is 37.2 Å². The van der Waals surface area contributed by atoms with Crippen molar-refractivity contribution >= 4 is 35.6 Å². The number of benzene rings is 1. The number of anilines is 1. The summed E-state index contributed by atoms with van der Waals surface area (Å²) in [5.74, 6) is 1.99. The van der Waals surface area contributed by atoms with E-state index in [1.165, 1.54) is 6.07 Å². The third-order valence-electron chi connectivity index (χ3n) is 3.94. The van der Waals surface area contributed by atoms with Gasteiger partial charge in [-0.05, 0) is 18.2 Å². The molecule has 0 radical (unpaired) electrons. The second-order valence-electron chi connectivity index (χ2n) is 6.07. The number of aromatic nitrogens is 1. The molecule has 0 bridgehead atoms. The lowest BCUT2D eigenvalue weighted by Crippen LogP contribution is -2.33. The molecule has 3 rings (SSSR count).